The summed E-state index contributed by atoms with van der Waals surface area (Å²) in [5.74, 6) is 1.74. The number of nitrogens with one attached hydrogen (secondary N) is 1. The minimum atomic E-state index is -0.0637. The maximum absolute atomic E-state index is 6.31. The van der Waals surface area contributed by atoms with Gasteiger partial charge in [0.05, 0.1) is 0 Å². The summed E-state index contributed by atoms with van der Waals surface area (Å²) < 4.78 is 7.39. The molecule has 1 aliphatic rings. The molecule has 2 nitrogen and oxygen atoms in total. The zero-order chi connectivity index (χ0) is 14.0. The predicted octanol–water partition coefficient (Wildman–Crippen LogP) is 4.69. The molecule has 2 rings (SSSR count). The van der Waals surface area contributed by atoms with Crippen LogP contribution in [0.15, 0.2) is 22.7 Å². The van der Waals surface area contributed by atoms with E-state index in [9.17, 15) is 0 Å². The molecule has 0 fully saturated rings. The Hall–Kier alpha value is -0.540. The van der Waals surface area contributed by atoms with Crippen LogP contribution in [0.1, 0.15) is 51.6 Å². The third-order valence-electron chi connectivity index (χ3n) is 3.94. The smallest absolute Gasteiger partial charge is 0.126 e. The molecule has 1 heterocycles. The molecule has 0 aromatic heterocycles. The average molecular weight is 326 g/mol. The second-order valence-electron chi connectivity index (χ2n) is 6.21. The van der Waals surface area contributed by atoms with E-state index >= 15 is 0 Å². The van der Waals surface area contributed by atoms with E-state index in [0.717, 1.165) is 29.0 Å². The molecule has 2 atom stereocenters. The molecule has 0 aliphatic carbocycles. The van der Waals surface area contributed by atoms with Gasteiger partial charge in [-0.25, -0.2) is 0 Å². The van der Waals surface area contributed by atoms with Crippen molar-refractivity contribution in [2.75, 3.05) is 7.05 Å². The quantitative estimate of drug-likeness (QED) is 0.867. The maximum Gasteiger partial charge on any atom is 0.126 e. The molecule has 1 aromatic carbocycles. The number of hydrogen-bond acceptors (Lipinski definition) is 2. The van der Waals surface area contributed by atoms with Gasteiger partial charge in [-0.3, -0.25) is 0 Å². The van der Waals surface area contributed by atoms with Crippen molar-refractivity contribution in [2.45, 2.75) is 51.7 Å². The molecule has 0 saturated heterocycles. The fraction of sp³-hybridized carbons (Fsp3) is 0.625. The van der Waals surface area contributed by atoms with E-state index in [0.29, 0.717) is 6.04 Å². The monoisotopic (exact) mass is 325 g/mol. The van der Waals surface area contributed by atoms with E-state index in [4.69, 9.17) is 4.74 Å². The van der Waals surface area contributed by atoms with Gasteiger partial charge in [0.25, 0.3) is 0 Å². The molecule has 1 aromatic rings. The van der Waals surface area contributed by atoms with Crippen LogP contribution in [-0.2, 0) is 0 Å². The van der Waals surface area contributed by atoms with Gasteiger partial charge in [0.15, 0.2) is 0 Å². The van der Waals surface area contributed by atoms with Gasteiger partial charge in [0, 0.05) is 22.5 Å². The van der Waals surface area contributed by atoms with Crippen molar-refractivity contribution in [3.63, 3.8) is 0 Å². The lowest BCUT2D eigenvalue weighted by Gasteiger charge is -2.40. The van der Waals surface area contributed by atoms with Crippen LogP contribution in [-0.4, -0.2) is 12.6 Å². The van der Waals surface area contributed by atoms with E-state index in [2.05, 4.69) is 60.2 Å². The highest BCUT2D eigenvalue weighted by Crippen LogP contribution is 2.42. The van der Waals surface area contributed by atoms with Crippen LogP contribution in [0, 0.1) is 5.92 Å². The van der Waals surface area contributed by atoms with Gasteiger partial charge >= 0.3 is 0 Å². The molecule has 0 saturated carbocycles. The Labute approximate surface area is 125 Å². The minimum absolute atomic E-state index is 0.0637. The van der Waals surface area contributed by atoms with Gasteiger partial charge in [0.1, 0.15) is 11.4 Å². The van der Waals surface area contributed by atoms with Gasteiger partial charge in [-0.15, -0.1) is 0 Å². The van der Waals surface area contributed by atoms with Crippen LogP contribution in [0.25, 0.3) is 0 Å². The van der Waals surface area contributed by atoms with Crippen LogP contribution in [0.3, 0.4) is 0 Å². The summed E-state index contributed by atoms with van der Waals surface area (Å²) in [6.07, 6.45) is 3.34. The van der Waals surface area contributed by atoms with Crippen molar-refractivity contribution in [2.24, 2.45) is 5.92 Å². The van der Waals surface area contributed by atoms with Crippen molar-refractivity contribution in [1.82, 2.24) is 5.32 Å². The highest BCUT2D eigenvalue weighted by Gasteiger charge is 2.36. The van der Waals surface area contributed by atoms with E-state index < -0.39 is 0 Å². The Balaban J connectivity index is 2.24. The third-order valence-corrected chi connectivity index (χ3v) is 4.44. The predicted molar refractivity (Wildman–Crippen MR) is 83.7 cm³/mol. The lowest BCUT2D eigenvalue weighted by Crippen LogP contribution is -2.41. The first-order valence-electron chi connectivity index (χ1n) is 7.09. The SMILES string of the molecule is CNC1CC(C)(CCC(C)C)Oc2cc(Br)ccc21. The first-order chi connectivity index (χ1) is 8.93. The molecule has 19 heavy (non-hydrogen) atoms. The van der Waals surface area contributed by atoms with Crippen LogP contribution in [0.5, 0.6) is 5.75 Å². The van der Waals surface area contributed by atoms with Crippen LogP contribution in [0.4, 0.5) is 0 Å². The first-order valence-corrected chi connectivity index (χ1v) is 7.88. The average Bonchev–Trinajstić information content (AvgIpc) is 2.35. The van der Waals surface area contributed by atoms with Crippen LogP contribution in [0.2, 0.25) is 0 Å². The summed E-state index contributed by atoms with van der Waals surface area (Å²) in [6, 6.07) is 6.72. The van der Waals surface area contributed by atoms with Gasteiger partial charge in [-0.1, -0.05) is 35.8 Å². The highest BCUT2D eigenvalue weighted by molar-refractivity contribution is 9.10. The zero-order valence-corrected chi connectivity index (χ0v) is 13.9. The van der Waals surface area contributed by atoms with Gasteiger partial charge in [-0.2, -0.15) is 0 Å². The van der Waals surface area contributed by atoms with Crippen LogP contribution < -0.4 is 10.1 Å². The summed E-state index contributed by atoms with van der Waals surface area (Å²) in [5, 5.41) is 3.43. The Bertz CT molecular complexity index is 446. The molecular formula is C16H24BrNO. The van der Waals surface area contributed by atoms with Crippen molar-refractivity contribution in [1.29, 1.82) is 0 Å². The number of fused-ring (bicyclic) bond motifs is 1. The lowest BCUT2D eigenvalue weighted by molar-refractivity contribution is 0.0359. The highest BCUT2D eigenvalue weighted by atomic mass is 79.9. The Morgan fingerprint density at radius 2 is 2.21 bits per heavy atom. The molecule has 106 valence electrons. The Morgan fingerprint density at radius 3 is 2.84 bits per heavy atom. The summed E-state index contributed by atoms with van der Waals surface area (Å²) in [7, 11) is 2.03. The Kier molecular flexibility index (Phi) is 4.57. The zero-order valence-electron chi connectivity index (χ0n) is 12.3. The number of ether oxygens (including phenoxy) is 1. The van der Waals surface area contributed by atoms with Crippen molar-refractivity contribution < 1.29 is 4.74 Å². The fourth-order valence-electron chi connectivity index (χ4n) is 2.74. The van der Waals surface area contributed by atoms with E-state index in [1.165, 1.54) is 12.0 Å². The van der Waals surface area contributed by atoms with Crippen LogP contribution >= 0.6 is 15.9 Å². The van der Waals surface area contributed by atoms with Gasteiger partial charge in [-0.05, 0) is 44.9 Å². The number of halogens is 1. The number of benzene rings is 1. The second-order valence-corrected chi connectivity index (χ2v) is 7.13. The van der Waals surface area contributed by atoms with E-state index in [-0.39, 0.29) is 5.60 Å². The topological polar surface area (TPSA) is 21.3 Å². The minimum Gasteiger partial charge on any atom is -0.487 e. The third kappa shape index (κ3) is 3.51. The van der Waals surface area contributed by atoms with Crippen molar-refractivity contribution in [3.8, 4) is 5.75 Å². The molecule has 3 heteroatoms. The molecule has 1 N–H and O–H groups in total. The number of hydrogen-bond donors (Lipinski definition) is 1. The molecule has 0 bridgehead atoms. The Morgan fingerprint density at radius 1 is 1.47 bits per heavy atom. The van der Waals surface area contributed by atoms with Gasteiger partial charge < -0.3 is 10.1 Å². The fourth-order valence-corrected chi connectivity index (χ4v) is 3.08. The lowest BCUT2D eigenvalue weighted by atomic mass is 9.84. The maximum atomic E-state index is 6.31. The molecule has 0 radical (unpaired) electrons. The molecule has 0 spiro atoms. The summed E-state index contributed by atoms with van der Waals surface area (Å²) in [5.41, 5.74) is 1.21. The normalized spacial score (nSPS) is 26.1. The number of rotatable bonds is 4. The van der Waals surface area contributed by atoms with Crippen molar-refractivity contribution >= 4 is 15.9 Å². The standard InChI is InChI=1S/C16H24BrNO/c1-11(2)7-8-16(3)10-14(18-4)13-6-5-12(17)9-15(13)19-16/h5-6,9,11,14,18H,7-8,10H2,1-4H3. The van der Waals surface area contributed by atoms with E-state index in [1.807, 2.05) is 7.05 Å². The second kappa shape index (κ2) is 5.84. The van der Waals surface area contributed by atoms with Gasteiger partial charge in [0.2, 0.25) is 0 Å². The van der Waals surface area contributed by atoms with Crippen molar-refractivity contribution in [3.05, 3.63) is 28.2 Å². The summed E-state index contributed by atoms with van der Waals surface area (Å²) in [6.45, 7) is 6.78. The first kappa shape index (κ1) is 14.9. The summed E-state index contributed by atoms with van der Waals surface area (Å²) in [4.78, 5) is 0. The van der Waals surface area contributed by atoms with E-state index in [1.54, 1.807) is 0 Å². The molecular weight excluding hydrogens is 302 g/mol. The summed E-state index contributed by atoms with van der Waals surface area (Å²) >= 11 is 3.53. The molecule has 2 unspecified atom stereocenters. The molecule has 1 aliphatic heterocycles. The molecule has 0 amide bonds. The largest absolute Gasteiger partial charge is 0.487 e.